The van der Waals surface area contributed by atoms with Crippen molar-refractivity contribution < 1.29 is 4.39 Å². The zero-order valence-corrected chi connectivity index (χ0v) is 11.5. The Morgan fingerprint density at radius 3 is 2.60 bits per heavy atom. The van der Waals surface area contributed by atoms with Crippen LogP contribution in [0.3, 0.4) is 0 Å². The molecule has 20 heavy (non-hydrogen) atoms. The van der Waals surface area contributed by atoms with Gasteiger partial charge in [0, 0.05) is 17.3 Å². The second kappa shape index (κ2) is 5.63. The SMILES string of the molecule is Cc1[nH]nc(NC2CCNCC2)c1-c1ccc(F)cc1. The fraction of sp³-hybridized carbons (Fsp3) is 0.400. The number of aromatic amines is 1. The van der Waals surface area contributed by atoms with Gasteiger partial charge < -0.3 is 10.6 Å². The number of halogens is 1. The highest BCUT2D eigenvalue weighted by Crippen LogP contribution is 2.30. The molecule has 2 aromatic rings. The zero-order valence-electron chi connectivity index (χ0n) is 11.5. The minimum absolute atomic E-state index is 0.220. The molecule has 0 unspecified atom stereocenters. The van der Waals surface area contributed by atoms with E-state index < -0.39 is 0 Å². The Morgan fingerprint density at radius 1 is 1.20 bits per heavy atom. The van der Waals surface area contributed by atoms with Crippen LogP contribution in [0.25, 0.3) is 11.1 Å². The second-order valence-electron chi connectivity index (χ2n) is 5.25. The van der Waals surface area contributed by atoms with Gasteiger partial charge in [0.15, 0.2) is 5.82 Å². The molecule has 0 radical (unpaired) electrons. The van der Waals surface area contributed by atoms with Crippen LogP contribution in [-0.4, -0.2) is 29.3 Å². The van der Waals surface area contributed by atoms with Gasteiger partial charge in [0.25, 0.3) is 0 Å². The van der Waals surface area contributed by atoms with Crippen LogP contribution in [0.5, 0.6) is 0 Å². The van der Waals surface area contributed by atoms with Crippen LogP contribution in [0, 0.1) is 12.7 Å². The van der Waals surface area contributed by atoms with Gasteiger partial charge >= 0.3 is 0 Å². The Morgan fingerprint density at radius 2 is 1.90 bits per heavy atom. The highest BCUT2D eigenvalue weighted by atomic mass is 19.1. The van der Waals surface area contributed by atoms with Crippen LogP contribution in [0.4, 0.5) is 10.2 Å². The number of hydrogen-bond acceptors (Lipinski definition) is 3. The standard InChI is InChI=1S/C15H19FN4/c1-10-14(11-2-4-12(16)5-3-11)15(20-19-10)18-13-6-8-17-9-7-13/h2-5,13,17H,6-9H2,1H3,(H2,18,19,20). The van der Waals surface area contributed by atoms with Gasteiger partial charge in [-0.25, -0.2) is 4.39 Å². The van der Waals surface area contributed by atoms with E-state index in [9.17, 15) is 4.39 Å². The first-order valence-electron chi connectivity index (χ1n) is 7.02. The summed E-state index contributed by atoms with van der Waals surface area (Å²) in [7, 11) is 0. The van der Waals surface area contributed by atoms with E-state index in [0.29, 0.717) is 6.04 Å². The summed E-state index contributed by atoms with van der Waals surface area (Å²) in [6.45, 7) is 4.05. The highest BCUT2D eigenvalue weighted by molar-refractivity contribution is 5.77. The summed E-state index contributed by atoms with van der Waals surface area (Å²) in [5.74, 6) is 0.642. The predicted molar refractivity (Wildman–Crippen MR) is 78.2 cm³/mol. The van der Waals surface area contributed by atoms with E-state index in [4.69, 9.17) is 0 Å². The van der Waals surface area contributed by atoms with Gasteiger partial charge in [0.1, 0.15) is 5.82 Å². The average molecular weight is 274 g/mol. The quantitative estimate of drug-likeness (QED) is 0.806. The van der Waals surface area contributed by atoms with Gasteiger partial charge in [-0.2, -0.15) is 5.10 Å². The maximum Gasteiger partial charge on any atom is 0.156 e. The first-order valence-corrected chi connectivity index (χ1v) is 7.02. The lowest BCUT2D eigenvalue weighted by molar-refractivity contribution is 0.478. The molecule has 0 spiro atoms. The van der Waals surface area contributed by atoms with Gasteiger partial charge in [-0.15, -0.1) is 0 Å². The lowest BCUT2D eigenvalue weighted by Gasteiger charge is -2.24. The molecule has 3 rings (SSSR count). The molecule has 1 aromatic heterocycles. The van der Waals surface area contributed by atoms with E-state index in [1.165, 1.54) is 12.1 Å². The fourth-order valence-corrected chi connectivity index (χ4v) is 2.66. The van der Waals surface area contributed by atoms with E-state index in [2.05, 4.69) is 20.8 Å². The Labute approximate surface area is 117 Å². The van der Waals surface area contributed by atoms with Crippen molar-refractivity contribution >= 4 is 5.82 Å². The largest absolute Gasteiger partial charge is 0.365 e. The van der Waals surface area contributed by atoms with Crippen LogP contribution in [0.15, 0.2) is 24.3 Å². The normalized spacial score (nSPS) is 16.3. The van der Waals surface area contributed by atoms with Gasteiger partial charge in [0.05, 0.1) is 0 Å². The van der Waals surface area contributed by atoms with Crippen LogP contribution in [0.2, 0.25) is 0 Å². The third kappa shape index (κ3) is 2.67. The lowest BCUT2D eigenvalue weighted by atomic mass is 10.0. The summed E-state index contributed by atoms with van der Waals surface area (Å²) >= 11 is 0. The lowest BCUT2D eigenvalue weighted by Crippen LogP contribution is -2.35. The number of nitrogens with zero attached hydrogens (tertiary/aromatic N) is 1. The molecule has 1 aliphatic heterocycles. The van der Waals surface area contributed by atoms with E-state index in [0.717, 1.165) is 48.6 Å². The minimum atomic E-state index is -0.220. The van der Waals surface area contributed by atoms with Crippen LogP contribution >= 0.6 is 0 Å². The Bertz CT molecular complexity index is 570. The summed E-state index contributed by atoms with van der Waals surface area (Å²) in [5, 5.41) is 14.2. The maximum atomic E-state index is 13.1. The average Bonchev–Trinajstić information content (AvgIpc) is 2.82. The van der Waals surface area contributed by atoms with Gasteiger partial charge in [-0.05, 0) is 50.6 Å². The minimum Gasteiger partial charge on any atom is -0.365 e. The molecule has 5 heteroatoms. The monoisotopic (exact) mass is 274 g/mol. The maximum absolute atomic E-state index is 13.1. The van der Waals surface area contributed by atoms with Crippen LogP contribution < -0.4 is 10.6 Å². The number of nitrogens with one attached hydrogen (secondary N) is 3. The Kier molecular flexibility index (Phi) is 3.69. The Balaban J connectivity index is 1.86. The highest BCUT2D eigenvalue weighted by Gasteiger charge is 2.18. The molecule has 1 aromatic carbocycles. The predicted octanol–water partition coefficient (Wildman–Crippen LogP) is 2.69. The topological polar surface area (TPSA) is 52.7 Å². The molecular formula is C15H19FN4. The molecule has 106 valence electrons. The third-order valence-corrected chi connectivity index (χ3v) is 3.76. The van der Waals surface area contributed by atoms with Crippen molar-refractivity contribution in [3.8, 4) is 11.1 Å². The summed E-state index contributed by atoms with van der Waals surface area (Å²) in [4.78, 5) is 0. The van der Waals surface area contributed by atoms with Crippen molar-refractivity contribution in [1.82, 2.24) is 15.5 Å². The molecule has 4 nitrogen and oxygen atoms in total. The van der Waals surface area contributed by atoms with Crippen molar-refractivity contribution in [1.29, 1.82) is 0 Å². The summed E-state index contributed by atoms with van der Waals surface area (Å²) < 4.78 is 13.1. The number of aromatic nitrogens is 2. The number of anilines is 1. The number of piperidine rings is 1. The number of H-pyrrole nitrogens is 1. The molecule has 0 bridgehead atoms. The molecule has 0 amide bonds. The van der Waals surface area contributed by atoms with Gasteiger partial charge in [-0.3, -0.25) is 5.10 Å². The van der Waals surface area contributed by atoms with E-state index in [1.54, 1.807) is 12.1 Å². The molecule has 0 saturated carbocycles. The molecule has 3 N–H and O–H groups in total. The van der Waals surface area contributed by atoms with Crippen LogP contribution in [-0.2, 0) is 0 Å². The fourth-order valence-electron chi connectivity index (χ4n) is 2.66. The van der Waals surface area contributed by atoms with Gasteiger partial charge in [0.2, 0.25) is 0 Å². The smallest absolute Gasteiger partial charge is 0.156 e. The Hall–Kier alpha value is -1.88. The second-order valence-corrected chi connectivity index (χ2v) is 5.25. The summed E-state index contributed by atoms with van der Waals surface area (Å²) in [6.07, 6.45) is 2.18. The first kappa shape index (κ1) is 13.1. The molecule has 2 heterocycles. The van der Waals surface area contributed by atoms with Gasteiger partial charge in [-0.1, -0.05) is 12.1 Å². The van der Waals surface area contributed by atoms with E-state index in [1.807, 2.05) is 6.92 Å². The molecule has 0 atom stereocenters. The molecule has 1 aliphatic rings. The third-order valence-electron chi connectivity index (χ3n) is 3.76. The summed E-state index contributed by atoms with van der Waals surface area (Å²) in [6, 6.07) is 6.99. The summed E-state index contributed by atoms with van der Waals surface area (Å²) in [5.41, 5.74) is 3.01. The van der Waals surface area contributed by atoms with Crippen molar-refractivity contribution in [2.45, 2.75) is 25.8 Å². The molecule has 1 saturated heterocycles. The number of aryl methyl sites for hydroxylation is 1. The molecule has 0 aliphatic carbocycles. The van der Waals surface area contributed by atoms with Crippen molar-refractivity contribution in [2.75, 3.05) is 18.4 Å². The first-order chi connectivity index (χ1) is 9.74. The van der Waals surface area contributed by atoms with Crippen LogP contribution in [0.1, 0.15) is 18.5 Å². The molecular weight excluding hydrogens is 255 g/mol. The van der Waals surface area contributed by atoms with E-state index >= 15 is 0 Å². The number of hydrogen-bond donors (Lipinski definition) is 3. The zero-order chi connectivity index (χ0) is 13.9. The van der Waals surface area contributed by atoms with E-state index in [-0.39, 0.29) is 5.82 Å². The van der Waals surface area contributed by atoms with Crippen molar-refractivity contribution in [3.63, 3.8) is 0 Å². The number of rotatable bonds is 3. The number of benzene rings is 1. The van der Waals surface area contributed by atoms with Crippen molar-refractivity contribution in [2.24, 2.45) is 0 Å². The van der Waals surface area contributed by atoms with Crippen molar-refractivity contribution in [3.05, 3.63) is 35.8 Å². The molecule has 1 fully saturated rings.